The number of nitrogens with zero attached hydrogens (tertiary/aromatic N) is 1. The van der Waals surface area contributed by atoms with Crippen LogP contribution in [0.25, 0.3) is 11.3 Å². The molecule has 0 saturated carbocycles. The van der Waals surface area contributed by atoms with E-state index >= 15 is 0 Å². The molecule has 1 unspecified atom stereocenters. The van der Waals surface area contributed by atoms with E-state index in [1.54, 1.807) is 6.20 Å². The van der Waals surface area contributed by atoms with Crippen LogP contribution < -0.4 is 5.32 Å². The van der Waals surface area contributed by atoms with Gasteiger partial charge in [0.05, 0.1) is 5.69 Å². The van der Waals surface area contributed by atoms with Gasteiger partial charge in [-0.05, 0) is 29.7 Å². The average Bonchev–Trinajstić information content (AvgIpc) is 2.92. The molecule has 0 saturated heterocycles. The van der Waals surface area contributed by atoms with Crippen LogP contribution in [-0.4, -0.2) is 16.1 Å². The van der Waals surface area contributed by atoms with Gasteiger partial charge in [0.2, 0.25) is 5.91 Å². The summed E-state index contributed by atoms with van der Waals surface area (Å²) < 4.78 is 0. The molecule has 1 aromatic carbocycles. The van der Waals surface area contributed by atoms with Crippen molar-refractivity contribution in [1.29, 1.82) is 0 Å². The summed E-state index contributed by atoms with van der Waals surface area (Å²) in [4.78, 5) is 11.9. The molecule has 4 heteroatoms. The first kappa shape index (κ1) is 13.3. The number of hydrogen-bond donors (Lipinski definition) is 2. The van der Waals surface area contributed by atoms with E-state index in [9.17, 15) is 4.79 Å². The van der Waals surface area contributed by atoms with Gasteiger partial charge in [0.1, 0.15) is 0 Å². The standard InChI is InChI=1S/C15H19N3O/c1-10(2)11(3)15(19)17-13-6-4-12(5-7-13)14-8-9-16-18-14/h4-11H,1-3H3,(H,16,18)(H,17,19). The Morgan fingerprint density at radius 1 is 1.16 bits per heavy atom. The Morgan fingerprint density at radius 3 is 2.37 bits per heavy atom. The van der Waals surface area contributed by atoms with E-state index in [4.69, 9.17) is 0 Å². The van der Waals surface area contributed by atoms with Crippen LogP contribution in [0.1, 0.15) is 20.8 Å². The van der Waals surface area contributed by atoms with E-state index in [0.29, 0.717) is 5.92 Å². The number of aromatic amines is 1. The molecular weight excluding hydrogens is 238 g/mol. The zero-order chi connectivity index (χ0) is 13.8. The molecule has 0 radical (unpaired) electrons. The Morgan fingerprint density at radius 2 is 1.84 bits per heavy atom. The van der Waals surface area contributed by atoms with Crippen LogP contribution in [0, 0.1) is 11.8 Å². The van der Waals surface area contributed by atoms with Crippen molar-refractivity contribution in [3.05, 3.63) is 36.5 Å². The molecule has 0 spiro atoms. The number of carbonyl (C=O) groups excluding carboxylic acids is 1. The lowest BCUT2D eigenvalue weighted by Gasteiger charge is -2.15. The highest BCUT2D eigenvalue weighted by Crippen LogP contribution is 2.20. The minimum Gasteiger partial charge on any atom is -0.326 e. The SMILES string of the molecule is CC(C)C(C)C(=O)Nc1ccc(-c2ccn[nH]2)cc1. The fraction of sp³-hybridized carbons (Fsp3) is 0.333. The Bertz CT molecular complexity index is 529. The van der Waals surface area contributed by atoms with E-state index < -0.39 is 0 Å². The quantitative estimate of drug-likeness (QED) is 0.882. The second-order valence-corrected chi connectivity index (χ2v) is 5.07. The van der Waals surface area contributed by atoms with E-state index in [-0.39, 0.29) is 11.8 Å². The molecule has 4 nitrogen and oxygen atoms in total. The molecule has 0 aliphatic rings. The molecule has 1 atom stereocenters. The van der Waals surface area contributed by atoms with Crippen molar-refractivity contribution in [2.45, 2.75) is 20.8 Å². The van der Waals surface area contributed by atoms with Gasteiger partial charge in [0.25, 0.3) is 0 Å². The van der Waals surface area contributed by atoms with E-state index in [2.05, 4.69) is 15.5 Å². The lowest BCUT2D eigenvalue weighted by molar-refractivity contribution is -0.120. The van der Waals surface area contributed by atoms with Gasteiger partial charge in [-0.3, -0.25) is 9.89 Å². The van der Waals surface area contributed by atoms with Crippen LogP contribution in [-0.2, 0) is 4.79 Å². The minimum atomic E-state index is 0.00674. The second kappa shape index (κ2) is 5.69. The van der Waals surface area contributed by atoms with Crippen LogP contribution in [0.2, 0.25) is 0 Å². The van der Waals surface area contributed by atoms with E-state index in [1.807, 2.05) is 51.1 Å². The Kier molecular flexibility index (Phi) is 4.00. The summed E-state index contributed by atoms with van der Waals surface area (Å²) in [6.45, 7) is 6.04. The van der Waals surface area contributed by atoms with Crippen molar-refractivity contribution in [3.63, 3.8) is 0 Å². The predicted molar refractivity (Wildman–Crippen MR) is 76.7 cm³/mol. The van der Waals surface area contributed by atoms with Crippen molar-refractivity contribution in [1.82, 2.24) is 10.2 Å². The second-order valence-electron chi connectivity index (χ2n) is 5.07. The van der Waals surface area contributed by atoms with E-state index in [1.165, 1.54) is 0 Å². The fourth-order valence-electron chi connectivity index (χ4n) is 1.71. The number of amides is 1. The number of nitrogens with one attached hydrogen (secondary N) is 2. The van der Waals surface area contributed by atoms with Gasteiger partial charge < -0.3 is 5.32 Å². The summed E-state index contributed by atoms with van der Waals surface area (Å²) in [5.74, 6) is 0.404. The van der Waals surface area contributed by atoms with Gasteiger partial charge in [-0.1, -0.05) is 32.9 Å². The molecule has 100 valence electrons. The lowest BCUT2D eigenvalue weighted by atomic mass is 9.97. The first-order valence-corrected chi connectivity index (χ1v) is 6.48. The third kappa shape index (κ3) is 3.22. The van der Waals surface area contributed by atoms with Crippen molar-refractivity contribution in [2.75, 3.05) is 5.32 Å². The van der Waals surface area contributed by atoms with Crippen molar-refractivity contribution in [2.24, 2.45) is 11.8 Å². The van der Waals surface area contributed by atoms with Gasteiger partial charge in [0.15, 0.2) is 0 Å². The average molecular weight is 257 g/mol. The summed E-state index contributed by atoms with van der Waals surface area (Å²) in [5, 5.41) is 9.76. The molecule has 1 amide bonds. The summed E-state index contributed by atoms with van der Waals surface area (Å²) in [6, 6.07) is 9.64. The van der Waals surface area contributed by atoms with Crippen molar-refractivity contribution >= 4 is 11.6 Å². The maximum absolute atomic E-state index is 11.9. The molecule has 0 aliphatic carbocycles. The molecule has 2 N–H and O–H groups in total. The zero-order valence-corrected chi connectivity index (χ0v) is 11.5. The number of aromatic nitrogens is 2. The molecule has 1 heterocycles. The number of carbonyl (C=O) groups is 1. The third-order valence-corrected chi connectivity index (χ3v) is 3.38. The van der Waals surface area contributed by atoms with Gasteiger partial charge in [0, 0.05) is 17.8 Å². The summed E-state index contributed by atoms with van der Waals surface area (Å²) >= 11 is 0. The fourth-order valence-corrected chi connectivity index (χ4v) is 1.71. The lowest BCUT2D eigenvalue weighted by Crippen LogP contribution is -2.24. The van der Waals surface area contributed by atoms with Crippen LogP contribution in [0.4, 0.5) is 5.69 Å². The zero-order valence-electron chi connectivity index (χ0n) is 11.5. The van der Waals surface area contributed by atoms with Crippen LogP contribution in [0.15, 0.2) is 36.5 Å². The third-order valence-electron chi connectivity index (χ3n) is 3.38. The highest BCUT2D eigenvalue weighted by molar-refractivity contribution is 5.92. The van der Waals surface area contributed by atoms with Crippen LogP contribution >= 0.6 is 0 Å². The molecule has 2 aromatic rings. The summed E-state index contributed by atoms with van der Waals surface area (Å²) in [6.07, 6.45) is 1.72. The molecule has 2 rings (SSSR count). The van der Waals surface area contributed by atoms with E-state index in [0.717, 1.165) is 16.9 Å². The number of H-pyrrole nitrogens is 1. The largest absolute Gasteiger partial charge is 0.326 e. The molecular formula is C15H19N3O. The molecule has 0 bridgehead atoms. The molecule has 19 heavy (non-hydrogen) atoms. The van der Waals surface area contributed by atoms with Gasteiger partial charge >= 0.3 is 0 Å². The normalized spacial score (nSPS) is 12.4. The Balaban J connectivity index is 2.05. The first-order chi connectivity index (χ1) is 9.08. The maximum atomic E-state index is 11.9. The van der Waals surface area contributed by atoms with Crippen molar-refractivity contribution in [3.8, 4) is 11.3 Å². The maximum Gasteiger partial charge on any atom is 0.227 e. The topological polar surface area (TPSA) is 57.8 Å². The minimum absolute atomic E-state index is 0.00674. The van der Waals surface area contributed by atoms with Gasteiger partial charge in [-0.15, -0.1) is 0 Å². The predicted octanol–water partition coefficient (Wildman–Crippen LogP) is 3.31. The summed E-state index contributed by atoms with van der Waals surface area (Å²) in [5.41, 5.74) is 2.83. The van der Waals surface area contributed by atoms with Crippen molar-refractivity contribution < 1.29 is 4.79 Å². The molecule has 0 fully saturated rings. The van der Waals surface area contributed by atoms with Gasteiger partial charge in [-0.2, -0.15) is 5.10 Å². The number of rotatable bonds is 4. The van der Waals surface area contributed by atoms with Crippen LogP contribution in [0.3, 0.4) is 0 Å². The molecule has 1 aromatic heterocycles. The van der Waals surface area contributed by atoms with Gasteiger partial charge in [-0.25, -0.2) is 0 Å². The molecule has 0 aliphatic heterocycles. The first-order valence-electron chi connectivity index (χ1n) is 6.48. The number of benzene rings is 1. The highest BCUT2D eigenvalue weighted by Gasteiger charge is 2.16. The number of hydrogen-bond acceptors (Lipinski definition) is 2. The van der Waals surface area contributed by atoms with Crippen LogP contribution in [0.5, 0.6) is 0 Å². The Labute approximate surface area is 113 Å². The Hall–Kier alpha value is -2.10. The monoisotopic (exact) mass is 257 g/mol. The number of anilines is 1. The smallest absolute Gasteiger partial charge is 0.227 e. The summed E-state index contributed by atoms with van der Waals surface area (Å²) in [7, 11) is 0. The highest BCUT2D eigenvalue weighted by atomic mass is 16.1.